The number of nitrogens with one attached hydrogen (secondary N) is 1. The molecule has 0 saturated carbocycles. The molecule has 0 unspecified atom stereocenters. The molecule has 0 radical (unpaired) electrons. The van der Waals surface area contributed by atoms with Gasteiger partial charge < -0.3 is 10.4 Å². The van der Waals surface area contributed by atoms with E-state index in [1.54, 1.807) is 0 Å². The number of aromatic nitrogens is 2. The van der Waals surface area contributed by atoms with Gasteiger partial charge in [-0.05, 0) is 12.1 Å². The number of carbonyl (C=O) groups excluding carboxylic acids is 1. The van der Waals surface area contributed by atoms with E-state index in [-0.39, 0.29) is 34.9 Å². The lowest BCUT2D eigenvalue weighted by Gasteiger charge is -2.05. The monoisotopic (exact) mass is 338 g/mol. The molecule has 0 aliphatic rings. The summed E-state index contributed by atoms with van der Waals surface area (Å²) in [5.74, 6) is -1.58. The summed E-state index contributed by atoms with van der Waals surface area (Å²) < 4.78 is 1.30. The van der Waals surface area contributed by atoms with Gasteiger partial charge in [-0.25, -0.2) is 0 Å². The number of amides is 1. The largest absolute Gasteiger partial charge is 0.481 e. The third-order valence-corrected chi connectivity index (χ3v) is 3.09. The average molecular weight is 339 g/mol. The van der Waals surface area contributed by atoms with Crippen molar-refractivity contribution in [2.45, 2.75) is 13.0 Å². The van der Waals surface area contributed by atoms with Gasteiger partial charge >= 0.3 is 5.97 Å². The SMILES string of the molecule is O=C(O)CCn1cc(C(=O)Nc2ccc(Cl)cc2[N+](=O)[O-])cn1. The second-order valence-electron chi connectivity index (χ2n) is 4.51. The van der Waals surface area contributed by atoms with Gasteiger partial charge in [0.2, 0.25) is 0 Å². The Hall–Kier alpha value is -2.94. The summed E-state index contributed by atoms with van der Waals surface area (Å²) in [5, 5.41) is 26.0. The number of rotatable bonds is 6. The first-order valence-electron chi connectivity index (χ1n) is 6.36. The molecule has 2 rings (SSSR count). The van der Waals surface area contributed by atoms with Crippen LogP contribution in [0.15, 0.2) is 30.6 Å². The molecule has 0 fully saturated rings. The fourth-order valence-corrected chi connectivity index (χ4v) is 1.94. The summed E-state index contributed by atoms with van der Waals surface area (Å²) in [6.07, 6.45) is 2.48. The molecule has 0 saturated heterocycles. The van der Waals surface area contributed by atoms with Gasteiger partial charge in [0.25, 0.3) is 11.6 Å². The molecule has 9 nitrogen and oxygen atoms in total. The predicted octanol–water partition coefficient (Wildman–Crippen LogP) is 2.17. The maximum Gasteiger partial charge on any atom is 0.305 e. The van der Waals surface area contributed by atoms with Gasteiger partial charge in [0, 0.05) is 17.3 Å². The van der Waals surface area contributed by atoms with Crippen LogP contribution in [0.3, 0.4) is 0 Å². The zero-order chi connectivity index (χ0) is 17.0. The zero-order valence-corrected chi connectivity index (χ0v) is 12.4. The van der Waals surface area contributed by atoms with Crippen LogP contribution in [0, 0.1) is 10.1 Å². The Morgan fingerprint density at radius 2 is 2.17 bits per heavy atom. The van der Waals surface area contributed by atoms with Crippen molar-refractivity contribution in [1.82, 2.24) is 9.78 Å². The molecule has 1 aromatic heterocycles. The van der Waals surface area contributed by atoms with E-state index in [0.29, 0.717) is 0 Å². The molecule has 2 N–H and O–H groups in total. The first kappa shape index (κ1) is 16.4. The number of nitrogens with zero attached hydrogens (tertiary/aromatic N) is 3. The van der Waals surface area contributed by atoms with Crippen molar-refractivity contribution < 1.29 is 19.6 Å². The third-order valence-electron chi connectivity index (χ3n) is 2.85. The van der Waals surface area contributed by atoms with Gasteiger partial charge in [-0.3, -0.25) is 24.4 Å². The molecule has 1 aromatic carbocycles. The highest BCUT2D eigenvalue weighted by molar-refractivity contribution is 6.31. The van der Waals surface area contributed by atoms with Crippen LogP contribution in [0.2, 0.25) is 5.02 Å². The van der Waals surface area contributed by atoms with Gasteiger partial charge in [-0.1, -0.05) is 11.6 Å². The number of aryl methyl sites for hydroxylation is 1. The number of hydrogen-bond acceptors (Lipinski definition) is 5. The fourth-order valence-electron chi connectivity index (χ4n) is 1.77. The van der Waals surface area contributed by atoms with E-state index in [4.69, 9.17) is 16.7 Å². The van der Waals surface area contributed by atoms with E-state index in [9.17, 15) is 19.7 Å². The third kappa shape index (κ3) is 4.27. The Morgan fingerprint density at radius 3 is 2.83 bits per heavy atom. The van der Waals surface area contributed by atoms with Gasteiger partial charge in [0.05, 0.1) is 29.6 Å². The summed E-state index contributed by atoms with van der Waals surface area (Å²) in [5.41, 5.74) is -0.175. The van der Waals surface area contributed by atoms with Crippen molar-refractivity contribution in [3.05, 3.63) is 51.3 Å². The molecule has 2 aromatic rings. The number of anilines is 1. The van der Waals surface area contributed by atoms with Crippen LogP contribution >= 0.6 is 11.6 Å². The van der Waals surface area contributed by atoms with Crippen LogP contribution in [0.5, 0.6) is 0 Å². The van der Waals surface area contributed by atoms with Crippen molar-refractivity contribution in [2.75, 3.05) is 5.32 Å². The molecule has 1 amide bonds. The Morgan fingerprint density at radius 1 is 1.43 bits per heavy atom. The molecule has 0 spiro atoms. The number of nitro benzene ring substituents is 1. The number of carboxylic acids is 1. The summed E-state index contributed by atoms with van der Waals surface area (Å²) >= 11 is 5.70. The lowest BCUT2D eigenvalue weighted by atomic mass is 10.2. The highest BCUT2D eigenvalue weighted by Crippen LogP contribution is 2.28. The van der Waals surface area contributed by atoms with E-state index >= 15 is 0 Å². The smallest absolute Gasteiger partial charge is 0.305 e. The summed E-state index contributed by atoms with van der Waals surface area (Å²) in [6.45, 7) is 0.115. The van der Waals surface area contributed by atoms with E-state index in [0.717, 1.165) is 6.07 Å². The van der Waals surface area contributed by atoms with Crippen LogP contribution in [0.4, 0.5) is 11.4 Å². The number of halogens is 1. The average Bonchev–Trinajstić information content (AvgIpc) is 2.95. The lowest BCUT2D eigenvalue weighted by molar-refractivity contribution is -0.383. The number of carboxylic acid groups (broad SMARTS) is 1. The standard InChI is InChI=1S/C13H11ClN4O5/c14-9-1-2-10(11(5-9)18(22)23)16-13(21)8-6-15-17(7-8)4-3-12(19)20/h1-2,5-7H,3-4H2,(H,16,21)(H,19,20). The molecule has 0 aliphatic heterocycles. The number of aliphatic carboxylic acids is 1. The minimum atomic E-state index is -0.983. The minimum absolute atomic E-state index is 0.00249. The first-order chi connectivity index (χ1) is 10.9. The van der Waals surface area contributed by atoms with Gasteiger partial charge in [0.1, 0.15) is 5.69 Å². The lowest BCUT2D eigenvalue weighted by Crippen LogP contribution is -2.12. The highest BCUT2D eigenvalue weighted by atomic mass is 35.5. The Balaban J connectivity index is 2.13. The molecule has 23 heavy (non-hydrogen) atoms. The predicted molar refractivity (Wildman–Crippen MR) is 80.5 cm³/mol. The molecular weight excluding hydrogens is 328 g/mol. The van der Waals surface area contributed by atoms with E-state index in [1.807, 2.05) is 0 Å². The number of nitro groups is 1. The van der Waals surface area contributed by atoms with Crippen LogP contribution in [-0.2, 0) is 11.3 Å². The van der Waals surface area contributed by atoms with E-state index in [1.165, 1.54) is 29.2 Å². The molecular formula is C13H11ClN4O5. The van der Waals surface area contributed by atoms with Crippen molar-refractivity contribution in [2.24, 2.45) is 0 Å². The van der Waals surface area contributed by atoms with E-state index in [2.05, 4.69) is 10.4 Å². The summed E-state index contributed by atoms with van der Waals surface area (Å²) in [6, 6.07) is 3.88. The maximum atomic E-state index is 12.1. The Bertz CT molecular complexity index is 773. The van der Waals surface area contributed by atoms with Crippen LogP contribution in [0.25, 0.3) is 0 Å². The second kappa shape index (κ2) is 6.88. The van der Waals surface area contributed by atoms with Crippen molar-refractivity contribution in [3.8, 4) is 0 Å². The summed E-state index contributed by atoms with van der Waals surface area (Å²) in [4.78, 5) is 32.9. The van der Waals surface area contributed by atoms with Crippen molar-refractivity contribution in [1.29, 1.82) is 0 Å². The molecule has 0 bridgehead atoms. The Kier molecular flexibility index (Phi) is 4.91. The first-order valence-corrected chi connectivity index (χ1v) is 6.74. The van der Waals surface area contributed by atoms with Crippen LogP contribution in [-0.4, -0.2) is 31.7 Å². The molecule has 1 heterocycles. The highest BCUT2D eigenvalue weighted by Gasteiger charge is 2.18. The number of benzene rings is 1. The van der Waals surface area contributed by atoms with Gasteiger partial charge in [-0.15, -0.1) is 0 Å². The molecule has 10 heteroatoms. The number of hydrogen-bond donors (Lipinski definition) is 2. The normalized spacial score (nSPS) is 10.3. The van der Waals surface area contributed by atoms with Gasteiger partial charge in [0.15, 0.2) is 0 Å². The second-order valence-corrected chi connectivity index (χ2v) is 4.94. The zero-order valence-electron chi connectivity index (χ0n) is 11.6. The Labute approximate surface area is 134 Å². The van der Waals surface area contributed by atoms with Crippen molar-refractivity contribution >= 4 is 34.9 Å². The van der Waals surface area contributed by atoms with Gasteiger partial charge in [-0.2, -0.15) is 5.10 Å². The van der Waals surface area contributed by atoms with Crippen molar-refractivity contribution in [3.63, 3.8) is 0 Å². The quantitative estimate of drug-likeness (QED) is 0.613. The maximum absolute atomic E-state index is 12.1. The summed E-state index contributed by atoms with van der Waals surface area (Å²) in [7, 11) is 0. The molecule has 0 aliphatic carbocycles. The van der Waals surface area contributed by atoms with Crippen LogP contribution in [0.1, 0.15) is 16.8 Å². The molecule has 120 valence electrons. The minimum Gasteiger partial charge on any atom is -0.481 e. The topological polar surface area (TPSA) is 127 Å². The fraction of sp³-hybridized carbons (Fsp3) is 0.154. The number of carbonyl (C=O) groups is 2. The molecule has 0 atom stereocenters. The van der Waals surface area contributed by atoms with Crippen LogP contribution < -0.4 is 5.32 Å². The van der Waals surface area contributed by atoms with E-state index < -0.39 is 16.8 Å².